The van der Waals surface area contributed by atoms with Crippen molar-refractivity contribution in [2.24, 2.45) is 5.10 Å². The summed E-state index contributed by atoms with van der Waals surface area (Å²) in [4.78, 5) is 13.3. The van der Waals surface area contributed by atoms with Crippen molar-refractivity contribution < 1.29 is 13.9 Å². The van der Waals surface area contributed by atoms with Gasteiger partial charge < -0.3 is 9.15 Å². The minimum atomic E-state index is -0.278. The fourth-order valence-corrected chi connectivity index (χ4v) is 5.23. The molecule has 5 rings (SSSR count). The topological polar surface area (TPSA) is 98.6 Å². The van der Waals surface area contributed by atoms with E-state index in [4.69, 9.17) is 14.3 Å². The summed E-state index contributed by atoms with van der Waals surface area (Å²) in [6.07, 6.45) is 8.00. The smallest absolute Gasteiger partial charge is 0.253 e. The highest BCUT2D eigenvalue weighted by Crippen LogP contribution is 2.35. The number of tetrazole rings is 1. The number of thioether (sulfide) groups is 1. The van der Waals surface area contributed by atoms with Crippen LogP contribution in [-0.2, 0) is 4.79 Å². The number of nitrogens with zero attached hydrogens (tertiary/aromatic N) is 6. The first-order valence-electron chi connectivity index (χ1n) is 11.2. The van der Waals surface area contributed by atoms with Crippen LogP contribution >= 0.6 is 11.8 Å². The number of furan rings is 1. The van der Waals surface area contributed by atoms with Crippen molar-refractivity contribution in [1.29, 1.82) is 0 Å². The molecule has 172 valence electrons. The van der Waals surface area contributed by atoms with Gasteiger partial charge in [0.2, 0.25) is 5.16 Å². The number of hydrazone groups is 1. The number of ether oxygens (including phenoxy) is 1. The second-order valence-corrected chi connectivity index (χ2v) is 9.18. The summed E-state index contributed by atoms with van der Waals surface area (Å²) in [5.41, 5.74) is 1.79. The molecule has 0 saturated heterocycles. The summed E-state index contributed by atoms with van der Waals surface area (Å²) in [6, 6.07) is 11.4. The molecule has 2 aliphatic rings. The van der Waals surface area contributed by atoms with Gasteiger partial charge in [0.15, 0.2) is 0 Å². The zero-order valence-electron chi connectivity index (χ0n) is 18.5. The lowest BCUT2D eigenvalue weighted by atomic mass is 9.96. The molecule has 1 fully saturated rings. The number of hydrogen-bond acceptors (Lipinski definition) is 8. The van der Waals surface area contributed by atoms with Gasteiger partial charge >= 0.3 is 0 Å². The van der Waals surface area contributed by atoms with E-state index in [1.807, 2.05) is 41.1 Å². The van der Waals surface area contributed by atoms with Crippen molar-refractivity contribution in [3.63, 3.8) is 0 Å². The first-order valence-corrected chi connectivity index (χ1v) is 12.2. The van der Waals surface area contributed by atoms with Crippen LogP contribution in [0.25, 0.3) is 0 Å². The van der Waals surface area contributed by atoms with Crippen LogP contribution in [0.4, 0.5) is 0 Å². The fourth-order valence-electron chi connectivity index (χ4n) is 4.43. The van der Waals surface area contributed by atoms with Crippen LogP contribution in [0, 0.1) is 0 Å². The van der Waals surface area contributed by atoms with Crippen molar-refractivity contribution in [3.05, 3.63) is 54.0 Å². The van der Waals surface area contributed by atoms with Gasteiger partial charge in [0, 0.05) is 6.42 Å². The minimum Gasteiger partial charge on any atom is -0.497 e. The molecule has 1 aliphatic carbocycles. The second-order valence-electron chi connectivity index (χ2n) is 8.24. The third-order valence-corrected chi connectivity index (χ3v) is 7.09. The molecule has 3 heterocycles. The Kier molecular flexibility index (Phi) is 6.43. The maximum atomic E-state index is 13.3. The molecular weight excluding hydrogens is 440 g/mol. The molecule has 1 amide bonds. The summed E-state index contributed by atoms with van der Waals surface area (Å²) in [7, 11) is 1.64. The predicted octanol–water partition coefficient (Wildman–Crippen LogP) is 4.25. The Morgan fingerprint density at radius 2 is 2.00 bits per heavy atom. The average molecular weight is 467 g/mol. The van der Waals surface area contributed by atoms with Crippen LogP contribution in [0.3, 0.4) is 0 Å². The Bertz CT molecular complexity index is 1110. The van der Waals surface area contributed by atoms with E-state index >= 15 is 0 Å². The lowest BCUT2D eigenvalue weighted by molar-refractivity contribution is -0.130. The maximum absolute atomic E-state index is 13.3. The highest BCUT2D eigenvalue weighted by Gasteiger charge is 2.35. The molecule has 0 spiro atoms. The van der Waals surface area contributed by atoms with Gasteiger partial charge in [0.25, 0.3) is 5.91 Å². The van der Waals surface area contributed by atoms with Crippen LogP contribution in [0.1, 0.15) is 61.9 Å². The van der Waals surface area contributed by atoms with Gasteiger partial charge in [-0.3, -0.25) is 4.79 Å². The summed E-state index contributed by atoms with van der Waals surface area (Å²) in [5, 5.41) is 19.1. The average Bonchev–Trinajstić information content (AvgIpc) is 3.63. The van der Waals surface area contributed by atoms with E-state index in [0.717, 1.165) is 29.9 Å². The van der Waals surface area contributed by atoms with E-state index in [1.54, 1.807) is 18.4 Å². The summed E-state index contributed by atoms with van der Waals surface area (Å²) >= 11 is 1.36. The quantitative estimate of drug-likeness (QED) is 0.480. The third-order valence-electron chi connectivity index (χ3n) is 6.17. The number of amides is 1. The zero-order valence-corrected chi connectivity index (χ0v) is 19.3. The highest BCUT2D eigenvalue weighted by molar-refractivity contribution is 7.99. The predicted molar refractivity (Wildman–Crippen MR) is 123 cm³/mol. The van der Waals surface area contributed by atoms with E-state index in [0.29, 0.717) is 23.4 Å². The molecule has 0 radical (unpaired) electrons. The molecular formula is C23H26N6O3S. The van der Waals surface area contributed by atoms with Crippen LogP contribution < -0.4 is 4.74 Å². The SMILES string of the molecule is COc1ccc(C2=NN(C(=O)CSc3nnnn3C3CCCCC3)[C@@H](c3ccco3)C2)cc1. The number of aromatic nitrogens is 4. The number of carbonyl (C=O) groups excluding carboxylic acids is 1. The van der Waals surface area contributed by atoms with Crippen molar-refractivity contribution in [1.82, 2.24) is 25.2 Å². The Labute approximate surface area is 196 Å². The fraction of sp³-hybridized carbons (Fsp3) is 0.435. The molecule has 10 heteroatoms. The molecule has 1 saturated carbocycles. The Morgan fingerprint density at radius 1 is 1.18 bits per heavy atom. The molecule has 9 nitrogen and oxygen atoms in total. The van der Waals surface area contributed by atoms with Gasteiger partial charge in [-0.25, -0.2) is 9.69 Å². The molecule has 0 unspecified atom stereocenters. The number of methoxy groups -OCH3 is 1. The first kappa shape index (κ1) is 21.7. The van der Waals surface area contributed by atoms with E-state index < -0.39 is 0 Å². The van der Waals surface area contributed by atoms with Gasteiger partial charge in [-0.15, -0.1) is 5.10 Å². The minimum absolute atomic E-state index is 0.108. The van der Waals surface area contributed by atoms with E-state index in [-0.39, 0.29) is 17.7 Å². The van der Waals surface area contributed by atoms with Crippen LogP contribution in [0.15, 0.2) is 57.3 Å². The van der Waals surface area contributed by atoms with Crippen molar-refractivity contribution in [2.45, 2.75) is 55.8 Å². The van der Waals surface area contributed by atoms with Gasteiger partial charge in [-0.05, 0) is 65.2 Å². The summed E-state index contributed by atoms with van der Waals surface area (Å²) in [5.74, 6) is 1.58. The maximum Gasteiger partial charge on any atom is 0.253 e. The lowest BCUT2D eigenvalue weighted by Crippen LogP contribution is -2.28. The second kappa shape index (κ2) is 9.78. The summed E-state index contributed by atoms with van der Waals surface area (Å²) < 4.78 is 12.8. The molecule has 2 aromatic heterocycles. The van der Waals surface area contributed by atoms with Crippen molar-refractivity contribution in [3.8, 4) is 5.75 Å². The van der Waals surface area contributed by atoms with E-state index in [2.05, 4.69) is 15.5 Å². The number of benzene rings is 1. The molecule has 0 N–H and O–H groups in total. The number of rotatable bonds is 7. The molecule has 33 heavy (non-hydrogen) atoms. The monoisotopic (exact) mass is 466 g/mol. The van der Waals surface area contributed by atoms with E-state index in [1.165, 1.54) is 31.0 Å². The van der Waals surface area contributed by atoms with Crippen LogP contribution in [0.5, 0.6) is 5.75 Å². The molecule has 1 atom stereocenters. The first-order chi connectivity index (χ1) is 16.2. The van der Waals surface area contributed by atoms with Gasteiger partial charge in [0.1, 0.15) is 17.6 Å². The molecule has 3 aromatic rings. The summed E-state index contributed by atoms with van der Waals surface area (Å²) in [6.45, 7) is 0. The lowest BCUT2D eigenvalue weighted by Gasteiger charge is -2.22. The van der Waals surface area contributed by atoms with Gasteiger partial charge in [0.05, 0.1) is 30.9 Å². The number of carbonyl (C=O) groups is 1. The molecule has 0 bridgehead atoms. The van der Waals surface area contributed by atoms with Gasteiger partial charge in [-0.2, -0.15) is 5.10 Å². The zero-order chi connectivity index (χ0) is 22.6. The van der Waals surface area contributed by atoms with Crippen molar-refractivity contribution >= 4 is 23.4 Å². The van der Waals surface area contributed by atoms with E-state index in [9.17, 15) is 4.79 Å². The van der Waals surface area contributed by atoms with Crippen LogP contribution in [-0.4, -0.2) is 49.7 Å². The van der Waals surface area contributed by atoms with Crippen molar-refractivity contribution in [2.75, 3.05) is 12.9 Å². The third kappa shape index (κ3) is 4.66. The molecule has 1 aliphatic heterocycles. The highest BCUT2D eigenvalue weighted by atomic mass is 32.2. The molecule has 1 aromatic carbocycles. The largest absolute Gasteiger partial charge is 0.497 e. The van der Waals surface area contributed by atoms with Crippen LogP contribution in [0.2, 0.25) is 0 Å². The number of hydrogen-bond donors (Lipinski definition) is 0. The standard InChI is InChI=1S/C23H26N6O3S/c1-31-18-11-9-16(10-12-18)19-14-20(21-8-5-13-32-21)29(25-19)22(30)15-33-23-24-26-27-28(23)17-6-3-2-4-7-17/h5,8-13,17,20H,2-4,6-7,14-15H2,1H3/t20-/m1/s1. The Morgan fingerprint density at radius 3 is 2.73 bits per heavy atom. The Hall–Kier alpha value is -3.14. The Balaban J connectivity index is 1.32. The normalized spacial score (nSPS) is 19.0. The van der Waals surface area contributed by atoms with Gasteiger partial charge in [-0.1, -0.05) is 31.0 Å².